The van der Waals surface area contributed by atoms with Gasteiger partial charge in [0.15, 0.2) is 0 Å². The van der Waals surface area contributed by atoms with E-state index in [1.54, 1.807) is 0 Å². The third-order valence-electron chi connectivity index (χ3n) is 2.85. The highest BCUT2D eigenvalue weighted by Gasteiger charge is 2.17. The molecule has 0 aromatic carbocycles. The molecule has 0 heterocycles. The summed E-state index contributed by atoms with van der Waals surface area (Å²) in [4.78, 5) is 10.5. The second-order valence-electron chi connectivity index (χ2n) is 4.11. The summed E-state index contributed by atoms with van der Waals surface area (Å²) >= 11 is 6.27. The van der Waals surface area contributed by atoms with Gasteiger partial charge in [-0.05, 0) is 18.8 Å². The molecule has 3 heteroatoms. The lowest BCUT2D eigenvalue weighted by atomic mass is 9.93. The zero-order valence-corrected chi connectivity index (χ0v) is 10.6. The highest BCUT2D eigenvalue weighted by atomic mass is 35.5. The maximum atomic E-state index is 10.5. The smallest absolute Gasteiger partial charge is 0.303 e. The average Bonchev–Trinajstić information content (AvgIpc) is 2.18. The summed E-state index contributed by atoms with van der Waals surface area (Å²) in [5.41, 5.74) is 0. The minimum Gasteiger partial charge on any atom is -0.481 e. The van der Waals surface area contributed by atoms with E-state index in [-0.39, 0.29) is 11.8 Å². The van der Waals surface area contributed by atoms with Crippen molar-refractivity contribution < 1.29 is 9.90 Å². The lowest BCUT2D eigenvalue weighted by Crippen LogP contribution is -2.15. The fourth-order valence-electron chi connectivity index (χ4n) is 1.77. The Balaban J connectivity index is 3.76. The quantitative estimate of drug-likeness (QED) is 0.483. The van der Waals surface area contributed by atoms with Gasteiger partial charge in [0.05, 0.1) is 0 Å². The third-order valence-corrected chi connectivity index (χ3v) is 3.42. The predicted octanol–water partition coefficient (Wildman–Crippen LogP) is 4.07. The van der Waals surface area contributed by atoms with Crippen LogP contribution in [0.15, 0.2) is 0 Å². The molecule has 0 aromatic rings. The molecular formula is C12H23ClO2. The van der Waals surface area contributed by atoms with E-state index in [4.69, 9.17) is 16.7 Å². The van der Waals surface area contributed by atoms with Gasteiger partial charge >= 0.3 is 5.97 Å². The first kappa shape index (κ1) is 14.8. The van der Waals surface area contributed by atoms with Crippen molar-refractivity contribution in [3.63, 3.8) is 0 Å². The number of rotatable bonds is 9. The van der Waals surface area contributed by atoms with E-state index in [1.807, 2.05) is 0 Å². The van der Waals surface area contributed by atoms with E-state index < -0.39 is 5.97 Å². The number of hydrogen-bond acceptors (Lipinski definition) is 1. The summed E-state index contributed by atoms with van der Waals surface area (Å²) in [6.45, 7) is 4.26. The van der Waals surface area contributed by atoms with E-state index in [1.165, 1.54) is 12.8 Å². The van der Waals surface area contributed by atoms with Crippen LogP contribution in [0.5, 0.6) is 0 Å². The van der Waals surface area contributed by atoms with Crippen LogP contribution >= 0.6 is 11.6 Å². The van der Waals surface area contributed by atoms with Crippen molar-refractivity contribution >= 4 is 17.6 Å². The lowest BCUT2D eigenvalue weighted by molar-refractivity contribution is -0.137. The molecular weight excluding hydrogens is 212 g/mol. The molecule has 15 heavy (non-hydrogen) atoms. The minimum atomic E-state index is -0.717. The van der Waals surface area contributed by atoms with Gasteiger partial charge < -0.3 is 5.11 Å². The molecule has 0 aliphatic carbocycles. The van der Waals surface area contributed by atoms with Crippen molar-refractivity contribution in [1.29, 1.82) is 0 Å². The summed E-state index contributed by atoms with van der Waals surface area (Å²) in [6.07, 6.45) is 6.55. The molecule has 2 atom stereocenters. The molecule has 0 saturated carbocycles. The van der Waals surface area contributed by atoms with Crippen molar-refractivity contribution in [3.05, 3.63) is 0 Å². The number of carbonyl (C=O) groups is 1. The Morgan fingerprint density at radius 2 is 1.93 bits per heavy atom. The van der Waals surface area contributed by atoms with Crippen LogP contribution in [-0.2, 0) is 4.79 Å². The molecule has 2 nitrogen and oxygen atoms in total. The van der Waals surface area contributed by atoms with E-state index in [2.05, 4.69) is 13.8 Å². The fourth-order valence-corrected chi connectivity index (χ4v) is 2.23. The maximum Gasteiger partial charge on any atom is 0.303 e. The molecule has 0 aliphatic heterocycles. The minimum absolute atomic E-state index is 0.154. The molecule has 1 N–H and O–H groups in total. The summed E-state index contributed by atoms with van der Waals surface area (Å²) in [7, 11) is 0. The normalized spacial score (nSPS) is 14.9. The van der Waals surface area contributed by atoms with Crippen LogP contribution in [0.4, 0.5) is 0 Å². The van der Waals surface area contributed by atoms with Crippen LogP contribution in [0.1, 0.15) is 58.8 Å². The molecule has 0 rings (SSSR count). The van der Waals surface area contributed by atoms with Gasteiger partial charge in [0.25, 0.3) is 0 Å². The van der Waals surface area contributed by atoms with E-state index >= 15 is 0 Å². The molecule has 90 valence electrons. The molecule has 0 aromatic heterocycles. The van der Waals surface area contributed by atoms with Gasteiger partial charge in [0.1, 0.15) is 0 Å². The van der Waals surface area contributed by atoms with Gasteiger partial charge in [-0.3, -0.25) is 4.79 Å². The number of carboxylic acid groups (broad SMARTS) is 1. The van der Waals surface area contributed by atoms with Crippen LogP contribution in [0.3, 0.4) is 0 Å². The van der Waals surface area contributed by atoms with Crippen molar-refractivity contribution in [3.8, 4) is 0 Å². The first-order chi connectivity index (χ1) is 7.11. The number of carboxylic acids is 1. The maximum absolute atomic E-state index is 10.5. The first-order valence-corrected chi connectivity index (χ1v) is 6.41. The Morgan fingerprint density at radius 1 is 1.27 bits per heavy atom. The highest BCUT2D eigenvalue weighted by molar-refractivity contribution is 6.20. The van der Waals surface area contributed by atoms with Gasteiger partial charge in [-0.2, -0.15) is 0 Å². The molecule has 0 spiro atoms. The zero-order valence-electron chi connectivity index (χ0n) is 9.84. The van der Waals surface area contributed by atoms with Gasteiger partial charge in [0.2, 0.25) is 0 Å². The Kier molecular flexibility index (Phi) is 8.88. The predicted molar refractivity (Wildman–Crippen MR) is 64.4 cm³/mol. The fraction of sp³-hybridized carbons (Fsp3) is 0.917. The SMILES string of the molecule is CCCCCC(Cl)C(CC)CCC(=O)O. The number of aliphatic carboxylic acids is 1. The molecule has 0 aliphatic rings. The number of unbranched alkanes of at least 4 members (excludes halogenated alkanes) is 2. The van der Waals surface area contributed by atoms with Crippen molar-refractivity contribution in [2.75, 3.05) is 0 Å². The Morgan fingerprint density at radius 3 is 2.40 bits per heavy atom. The topological polar surface area (TPSA) is 37.3 Å². The molecule has 2 unspecified atom stereocenters. The first-order valence-electron chi connectivity index (χ1n) is 5.97. The van der Waals surface area contributed by atoms with Crippen molar-refractivity contribution in [2.24, 2.45) is 5.92 Å². The summed E-state index contributed by atoms with van der Waals surface area (Å²) in [6, 6.07) is 0. The molecule has 0 amide bonds. The van der Waals surface area contributed by atoms with Gasteiger partial charge in [-0.25, -0.2) is 0 Å². The van der Waals surface area contributed by atoms with E-state index in [0.717, 1.165) is 19.3 Å². The summed E-state index contributed by atoms with van der Waals surface area (Å²) in [5, 5.41) is 8.76. The molecule has 0 saturated heterocycles. The Hall–Kier alpha value is -0.240. The Labute approximate surface area is 98.0 Å². The summed E-state index contributed by atoms with van der Waals surface area (Å²) in [5.74, 6) is -0.356. The monoisotopic (exact) mass is 234 g/mol. The number of hydrogen-bond donors (Lipinski definition) is 1. The van der Waals surface area contributed by atoms with Crippen LogP contribution in [-0.4, -0.2) is 16.5 Å². The van der Waals surface area contributed by atoms with Gasteiger partial charge in [-0.1, -0.05) is 39.5 Å². The molecule has 0 fully saturated rings. The summed E-state index contributed by atoms with van der Waals surface area (Å²) < 4.78 is 0. The average molecular weight is 235 g/mol. The molecule has 0 bridgehead atoms. The van der Waals surface area contributed by atoms with E-state index in [0.29, 0.717) is 12.3 Å². The number of halogens is 1. The number of alkyl halides is 1. The second-order valence-corrected chi connectivity index (χ2v) is 4.67. The zero-order chi connectivity index (χ0) is 11.7. The van der Waals surface area contributed by atoms with Gasteiger partial charge in [-0.15, -0.1) is 11.6 Å². The van der Waals surface area contributed by atoms with Crippen LogP contribution < -0.4 is 0 Å². The highest BCUT2D eigenvalue weighted by Crippen LogP contribution is 2.24. The Bertz CT molecular complexity index is 171. The largest absolute Gasteiger partial charge is 0.481 e. The van der Waals surface area contributed by atoms with Gasteiger partial charge in [0, 0.05) is 11.8 Å². The van der Waals surface area contributed by atoms with Crippen LogP contribution in [0.25, 0.3) is 0 Å². The van der Waals surface area contributed by atoms with Crippen molar-refractivity contribution in [2.45, 2.75) is 64.2 Å². The van der Waals surface area contributed by atoms with Crippen LogP contribution in [0.2, 0.25) is 0 Å². The third kappa shape index (κ3) is 7.66. The lowest BCUT2D eigenvalue weighted by Gasteiger charge is -2.19. The van der Waals surface area contributed by atoms with E-state index in [9.17, 15) is 4.79 Å². The molecule has 0 radical (unpaired) electrons. The second kappa shape index (κ2) is 9.02. The standard InChI is InChI=1S/C12H23ClO2/c1-3-5-6-7-11(13)10(4-2)8-9-12(14)15/h10-11H,3-9H2,1-2H3,(H,14,15). The van der Waals surface area contributed by atoms with Crippen LogP contribution in [0, 0.1) is 5.92 Å². The van der Waals surface area contributed by atoms with Crippen molar-refractivity contribution in [1.82, 2.24) is 0 Å².